The van der Waals surface area contributed by atoms with E-state index in [-0.39, 0.29) is 0 Å². The zero-order chi connectivity index (χ0) is 9.14. The minimum Gasteiger partial charge on any atom is -0.0950 e. The first-order valence-corrected chi connectivity index (χ1v) is 4.44. The second kappa shape index (κ2) is 3.77. The van der Waals surface area contributed by atoms with Crippen LogP contribution in [0.2, 0.25) is 5.02 Å². The van der Waals surface area contributed by atoms with E-state index in [4.69, 9.17) is 11.6 Å². The Labute approximate surface area is 78.9 Å². The van der Waals surface area contributed by atoms with E-state index < -0.39 is 0 Å². The SMILES string of the molecule is C=C(c1cccc(Cl)c1)C(C)C. The molecule has 0 N–H and O–H groups in total. The summed E-state index contributed by atoms with van der Waals surface area (Å²) in [5.74, 6) is 0.475. The van der Waals surface area contributed by atoms with E-state index in [9.17, 15) is 0 Å². The average Bonchev–Trinajstić information content (AvgIpc) is 2.03. The molecule has 0 fully saturated rings. The summed E-state index contributed by atoms with van der Waals surface area (Å²) >= 11 is 5.85. The third-order valence-corrected chi connectivity index (χ3v) is 2.13. The second-order valence-corrected chi connectivity index (χ2v) is 3.63. The van der Waals surface area contributed by atoms with Crippen LogP contribution < -0.4 is 0 Å². The lowest BCUT2D eigenvalue weighted by Gasteiger charge is -2.09. The van der Waals surface area contributed by atoms with Crippen LogP contribution in [0, 0.1) is 5.92 Å². The molecule has 0 aliphatic rings. The van der Waals surface area contributed by atoms with Gasteiger partial charge >= 0.3 is 0 Å². The van der Waals surface area contributed by atoms with Gasteiger partial charge in [0.2, 0.25) is 0 Å². The van der Waals surface area contributed by atoms with Crippen molar-refractivity contribution in [3.8, 4) is 0 Å². The molecule has 0 saturated heterocycles. The number of benzene rings is 1. The van der Waals surface area contributed by atoms with Gasteiger partial charge < -0.3 is 0 Å². The molecule has 1 aromatic rings. The number of hydrogen-bond donors (Lipinski definition) is 0. The zero-order valence-corrected chi connectivity index (χ0v) is 8.23. The van der Waals surface area contributed by atoms with Gasteiger partial charge in [-0.3, -0.25) is 0 Å². The fourth-order valence-corrected chi connectivity index (χ4v) is 1.21. The molecule has 0 radical (unpaired) electrons. The highest BCUT2D eigenvalue weighted by Gasteiger charge is 2.02. The molecule has 0 atom stereocenters. The molecule has 1 heteroatoms. The van der Waals surface area contributed by atoms with E-state index in [1.165, 1.54) is 0 Å². The monoisotopic (exact) mass is 180 g/mol. The van der Waals surface area contributed by atoms with Crippen molar-refractivity contribution in [1.82, 2.24) is 0 Å². The van der Waals surface area contributed by atoms with Crippen LogP contribution in [0.15, 0.2) is 30.8 Å². The Hall–Kier alpha value is -0.750. The van der Waals surface area contributed by atoms with Crippen molar-refractivity contribution in [3.05, 3.63) is 41.4 Å². The average molecular weight is 181 g/mol. The smallest absolute Gasteiger partial charge is 0.0412 e. The molecule has 0 aromatic heterocycles. The molecule has 0 heterocycles. The van der Waals surface area contributed by atoms with Crippen molar-refractivity contribution in [2.24, 2.45) is 5.92 Å². The summed E-state index contributed by atoms with van der Waals surface area (Å²) in [6.07, 6.45) is 0. The van der Waals surface area contributed by atoms with Gasteiger partial charge in [0.25, 0.3) is 0 Å². The van der Waals surface area contributed by atoms with E-state index in [0.717, 1.165) is 16.2 Å². The van der Waals surface area contributed by atoms with Crippen LogP contribution in [0.5, 0.6) is 0 Å². The first kappa shape index (κ1) is 9.34. The lowest BCUT2D eigenvalue weighted by Crippen LogP contribution is -1.90. The Balaban J connectivity index is 2.96. The van der Waals surface area contributed by atoms with E-state index in [0.29, 0.717) is 5.92 Å². The molecule has 0 saturated carbocycles. The number of rotatable bonds is 2. The minimum atomic E-state index is 0.475. The summed E-state index contributed by atoms with van der Waals surface area (Å²) < 4.78 is 0. The Kier molecular flexibility index (Phi) is 2.93. The normalized spacial score (nSPS) is 10.3. The van der Waals surface area contributed by atoms with Gasteiger partial charge in [-0.25, -0.2) is 0 Å². The first-order valence-electron chi connectivity index (χ1n) is 4.06. The maximum absolute atomic E-state index is 5.85. The van der Waals surface area contributed by atoms with Crippen molar-refractivity contribution in [2.75, 3.05) is 0 Å². The Morgan fingerprint density at radius 2 is 2.08 bits per heavy atom. The van der Waals surface area contributed by atoms with E-state index in [1.54, 1.807) is 0 Å². The van der Waals surface area contributed by atoms with Crippen LogP contribution in [-0.4, -0.2) is 0 Å². The predicted octanol–water partition coefficient (Wildman–Crippen LogP) is 4.01. The number of hydrogen-bond acceptors (Lipinski definition) is 0. The third kappa shape index (κ3) is 2.12. The van der Waals surface area contributed by atoms with Crippen LogP contribution in [0.25, 0.3) is 5.57 Å². The van der Waals surface area contributed by atoms with Crippen molar-refractivity contribution < 1.29 is 0 Å². The summed E-state index contributed by atoms with van der Waals surface area (Å²) in [4.78, 5) is 0. The van der Waals surface area contributed by atoms with E-state index in [1.807, 2.05) is 24.3 Å². The molecule has 0 aliphatic carbocycles. The van der Waals surface area contributed by atoms with Gasteiger partial charge in [-0.15, -0.1) is 0 Å². The summed E-state index contributed by atoms with van der Waals surface area (Å²) in [5.41, 5.74) is 2.27. The van der Waals surface area contributed by atoms with Crippen molar-refractivity contribution in [2.45, 2.75) is 13.8 Å². The van der Waals surface area contributed by atoms with Gasteiger partial charge in [0, 0.05) is 5.02 Å². The van der Waals surface area contributed by atoms with Crippen molar-refractivity contribution in [1.29, 1.82) is 0 Å². The topological polar surface area (TPSA) is 0 Å². The fourth-order valence-electron chi connectivity index (χ4n) is 1.02. The highest BCUT2D eigenvalue weighted by atomic mass is 35.5. The highest BCUT2D eigenvalue weighted by molar-refractivity contribution is 6.30. The molecule has 0 nitrogen and oxygen atoms in total. The van der Waals surface area contributed by atoms with E-state index in [2.05, 4.69) is 20.4 Å². The maximum Gasteiger partial charge on any atom is 0.0412 e. The molecule has 1 aromatic carbocycles. The molecule has 64 valence electrons. The third-order valence-electron chi connectivity index (χ3n) is 1.89. The van der Waals surface area contributed by atoms with Gasteiger partial charge in [-0.05, 0) is 29.2 Å². The van der Waals surface area contributed by atoms with Crippen LogP contribution in [0.1, 0.15) is 19.4 Å². The minimum absolute atomic E-state index is 0.475. The molecule has 0 spiro atoms. The van der Waals surface area contributed by atoms with Gasteiger partial charge in [0.05, 0.1) is 0 Å². The molecule has 12 heavy (non-hydrogen) atoms. The van der Waals surface area contributed by atoms with Crippen LogP contribution in [0.3, 0.4) is 0 Å². The van der Waals surface area contributed by atoms with E-state index >= 15 is 0 Å². The molecule has 0 amide bonds. The quantitative estimate of drug-likeness (QED) is 0.645. The largest absolute Gasteiger partial charge is 0.0950 e. The molecule has 0 bridgehead atoms. The standard InChI is InChI=1S/C11H13Cl/c1-8(2)9(3)10-5-4-6-11(12)7-10/h4-8H,3H2,1-2H3. The van der Waals surface area contributed by atoms with Gasteiger partial charge in [-0.1, -0.05) is 44.2 Å². The van der Waals surface area contributed by atoms with Crippen LogP contribution in [-0.2, 0) is 0 Å². The molecular formula is C11H13Cl. The van der Waals surface area contributed by atoms with Crippen LogP contribution in [0.4, 0.5) is 0 Å². The zero-order valence-electron chi connectivity index (χ0n) is 7.47. The lowest BCUT2D eigenvalue weighted by atomic mass is 9.97. The van der Waals surface area contributed by atoms with Crippen molar-refractivity contribution in [3.63, 3.8) is 0 Å². The molecule has 1 rings (SSSR count). The number of halogens is 1. The predicted molar refractivity (Wildman–Crippen MR) is 55.3 cm³/mol. The first-order chi connectivity index (χ1) is 5.61. The lowest BCUT2D eigenvalue weighted by molar-refractivity contribution is 0.858. The van der Waals surface area contributed by atoms with Gasteiger partial charge in [0.15, 0.2) is 0 Å². The summed E-state index contributed by atoms with van der Waals surface area (Å²) in [6, 6.07) is 7.81. The number of allylic oxidation sites excluding steroid dienone is 1. The summed E-state index contributed by atoms with van der Waals surface area (Å²) in [7, 11) is 0. The van der Waals surface area contributed by atoms with Crippen molar-refractivity contribution >= 4 is 17.2 Å². The fraction of sp³-hybridized carbons (Fsp3) is 0.273. The Morgan fingerprint density at radius 1 is 1.42 bits per heavy atom. The second-order valence-electron chi connectivity index (χ2n) is 3.19. The highest BCUT2D eigenvalue weighted by Crippen LogP contribution is 2.22. The Morgan fingerprint density at radius 3 is 2.58 bits per heavy atom. The maximum atomic E-state index is 5.85. The van der Waals surface area contributed by atoms with Gasteiger partial charge in [-0.2, -0.15) is 0 Å². The molecule has 0 aliphatic heterocycles. The van der Waals surface area contributed by atoms with Gasteiger partial charge in [0.1, 0.15) is 0 Å². The summed E-state index contributed by atoms with van der Waals surface area (Å²) in [6.45, 7) is 8.26. The Bertz CT molecular complexity index is 287. The molecule has 0 unspecified atom stereocenters. The molecular weight excluding hydrogens is 168 g/mol. The van der Waals surface area contributed by atoms with Crippen LogP contribution >= 0.6 is 11.6 Å². The summed E-state index contributed by atoms with van der Waals surface area (Å²) in [5, 5.41) is 0.773.